The monoisotopic (exact) mass is 178 g/mol. The van der Waals surface area contributed by atoms with Crippen molar-refractivity contribution in [3.8, 4) is 0 Å². The number of benzene rings is 1. The Bertz CT molecular complexity index is 262. The average Bonchev–Trinajstić information content (AvgIpc) is 2.15. The molecule has 13 heavy (non-hydrogen) atoms. The number of hydrogen-bond donors (Lipinski definition) is 2. The van der Waals surface area contributed by atoms with Gasteiger partial charge in [0.15, 0.2) is 6.29 Å². The molecule has 1 rings (SSSR count). The summed E-state index contributed by atoms with van der Waals surface area (Å²) in [5.41, 5.74) is 2.19. The lowest BCUT2D eigenvalue weighted by Gasteiger charge is -2.03. The Balaban J connectivity index is 2.54. The van der Waals surface area contributed by atoms with Crippen molar-refractivity contribution in [3.63, 3.8) is 0 Å². The standard InChI is InChI=1S/C11H14O2/c1-2-9-3-5-10(6-4-9)7-8-11(12)13/h2-6,11-13H,1,7-8H2. The summed E-state index contributed by atoms with van der Waals surface area (Å²) in [6, 6.07) is 7.87. The summed E-state index contributed by atoms with van der Waals surface area (Å²) >= 11 is 0. The minimum atomic E-state index is -1.21. The van der Waals surface area contributed by atoms with Crippen molar-refractivity contribution in [2.45, 2.75) is 19.1 Å². The number of aryl methyl sites for hydroxylation is 1. The van der Waals surface area contributed by atoms with Crippen molar-refractivity contribution < 1.29 is 10.2 Å². The number of aliphatic hydroxyl groups excluding tert-OH is 1. The van der Waals surface area contributed by atoms with Crippen molar-refractivity contribution in [3.05, 3.63) is 42.0 Å². The Morgan fingerprint density at radius 2 is 1.85 bits per heavy atom. The highest BCUT2D eigenvalue weighted by Gasteiger charge is 1.98. The lowest BCUT2D eigenvalue weighted by molar-refractivity contribution is -0.0446. The second-order valence-electron chi connectivity index (χ2n) is 2.96. The fraction of sp³-hybridized carbons (Fsp3) is 0.273. The minimum Gasteiger partial charge on any atom is -0.368 e. The van der Waals surface area contributed by atoms with E-state index in [0.29, 0.717) is 12.8 Å². The number of rotatable bonds is 4. The smallest absolute Gasteiger partial charge is 0.151 e. The molecule has 0 aliphatic carbocycles. The van der Waals surface area contributed by atoms with Gasteiger partial charge in [-0.1, -0.05) is 36.9 Å². The van der Waals surface area contributed by atoms with Gasteiger partial charge in [-0.05, 0) is 17.5 Å². The van der Waals surface area contributed by atoms with Crippen LogP contribution in [0.3, 0.4) is 0 Å². The first-order chi connectivity index (χ1) is 6.22. The van der Waals surface area contributed by atoms with Crippen LogP contribution in [0.4, 0.5) is 0 Å². The molecule has 2 N–H and O–H groups in total. The lowest BCUT2D eigenvalue weighted by Crippen LogP contribution is -2.05. The van der Waals surface area contributed by atoms with E-state index in [9.17, 15) is 0 Å². The third-order valence-electron chi connectivity index (χ3n) is 1.91. The minimum absolute atomic E-state index is 0.382. The summed E-state index contributed by atoms with van der Waals surface area (Å²) in [7, 11) is 0. The maximum Gasteiger partial charge on any atom is 0.151 e. The Morgan fingerprint density at radius 1 is 1.23 bits per heavy atom. The molecular weight excluding hydrogens is 164 g/mol. The first-order valence-electron chi connectivity index (χ1n) is 4.30. The first-order valence-corrected chi connectivity index (χ1v) is 4.30. The van der Waals surface area contributed by atoms with E-state index < -0.39 is 6.29 Å². The Morgan fingerprint density at radius 3 is 2.31 bits per heavy atom. The molecule has 0 amide bonds. The zero-order chi connectivity index (χ0) is 9.68. The maximum absolute atomic E-state index is 8.65. The van der Waals surface area contributed by atoms with E-state index in [-0.39, 0.29) is 0 Å². The number of aliphatic hydroxyl groups is 2. The fourth-order valence-electron chi connectivity index (χ4n) is 1.12. The van der Waals surface area contributed by atoms with E-state index in [1.54, 1.807) is 6.08 Å². The van der Waals surface area contributed by atoms with E-state index in [4.69, 9.17) is 10.2 Å². The second kappa shape index (κ2) is 4.80. The molecule has 0 unspecified atom stereocenters. The van der Waals surface area contributed by atoms with Gasteiger partial charge >= 0.3 is 0 Å². The average molecular weight is 178 g/mol. The molecule has 0 spiro atoms. The topological polar surface area (TPSA) is 40.5 Å². The summed E-state index contributed by atoms with van der Waals surface area (Å²) in [5, 5.41) is 17.3. The van der Waals surface area contributed by atoms with Crippen LogP contribution in [0.1, 0.15) is 17.5 Å². The molecule has 70 valence electrons. The molecular formula is C11H14O2. The van der Waals surface area contributed by atoms with Gasteiger partial charge in [-0.2, -0.15) is 0 Å². The van der Waals surface area contributed by atoms with E-state index in [1.165, 1.54) is 0 Å². The summed E-state index contributed by atoms with van der Waals surface area (Å²) < 4.78 is 0. The van der Waals surface area contributed by atoms with Gasteiger partial charge in [0.1, 0.15) is 0 Å². The van der Waals surface area contributed by atoms with E-state index in [1.807, 2.05) is 24.3 Å². The Hall–Kier alpha value is -1.12. The molecule has 0 atom stereocenters. The van der Waals surface area contributed by atoms with Gasteiger partial charge in [0.05, 0.1) is 0 Å². The highest BCUT2D eigenvalue weighted by atomic mass is 16.5. The van der Waals surface area contributed by atoms with Crippen LogP contribution in [0.15, 0.2) is 30.8 Å². The molecule has 1 aromatic rings. The summed E-state index contributed by atoms with van der Waals surface area (Å²) in [6.45, 7) is 3.65. The quantitative estimate of drug-likeness (QED) is 0.687. The van der Waals surface area contributed by atoms with E-state index >= 15 is 0 Å². The highest BCUT2D eigenvalue weighted by Crippen LogP contribution is 2.08. The predicted molar refractivity (Wildman–Crippen MR) is 53.1 cm³/mol. The molecule has 2 heteroatoms. The zero-order valence-electron chi connectivity index (χ0n) is 7.48. The van der Waals surface area contributed by atoms with E-state index in [0.717, 1.165) is 11.1 Å². The SMILES string of the molecule is C=Cc1ccc(CCC(O)O)cc1. The van der Waals surface area contributed by atoms with Crippen molar-refractivity contribution in [1.29, 1.82) is 0 Å². The molecule has 0 heterocycles. The predicted octanol–water partition coefficient (Wildman–Crippen LogP) is 1.57. The first kappa shape index (κ1) is 9.96. The lowest BCUT2D eigenvalue weighted by atomic mass is 10.1. The van der Waals surface area contributed by atoms with Gasteiger partial charge in [-0.15, -0.1) is 0 Å². The normalized spacial score (nSPS) is 10.4. The molecule has 0 radical (unpaired) electrons. The van der Waals surface area contributed by atoms with Crippen LogP contribution in [-0.4, -0.2) is 16.5 Å². The molecule has 0 aliphatic heterocycles. The summed E-state index contributed by atoms with van der Waals surface area (Å²) in [5.74, 6) is 0. The van der Waals surface area contributed by atoms with Crippen molar-refractivity contribution in [1.82, 2.24) is 0 Å². The third kappa shape index (κ3) is 3.40. The van der Waals surface area contributed by atoms with Crippen LogP contribution >= 0.6 is 0 Å². The van der Waals surface area contributed by atoms with Crippen molar-refractivity contribution in [2.24, 2.45) is 0 Å². The van der Waals surface area contributed by atoms with Gasteiger partial charge < -0.3 is 10.2 Å². The highest BCUT2D eigenvalue weighted by molar-refractivity contribution is 5.47. The second-order valence-corrected chi connectivity index (χ2v) is 2.96. The van der Waals surface area contributed by atoms with Gasteiger partial charge in [0.25, 0.3) is 0 Å². The molecule has 0 saturated heterocycles. The molecule has 0 aliphatic rings. The van der Waals surface area contributed by atoms with Gasteiger partial charge in [0.2, 0.25) is 0 Å². The van der Waals surface area contributed by atoms with Crippen LogP contribution in [0.25, 0.3) is 6.08 Å². The zero-order valence-corrected chi connectivity index (χ0v) is 7.48. The molecule has 1 aromatic carbocycles. The van der Waals surface area contributed by atoms with Crippen LogP contribution in [0.2, 0.25) is 0 Å². The van der Waals surface area contributed by atoms with Crippen molar-refractivity contribution >= 4 is 6.08 Å². The molecule has 0 saturated carbocycles. The number of hydrogen-bond acceptors (Lipinski definition) is 2. The summed E-state index contributed by atoms with van der Waals surface area (Å²) in [4.78, 5) is 0. The van der Waals surface area contributed by atoms with E-state index in [2.05, 4.69) is 6.58 Å². The Kier molecular flexibility index (Phi) is 3.68. The van der Waals surface area contributed by atoms with Crippen LogP contribution in [0.5, 0.6) is 0 Å². The third-order valence-corrected chi connectivity index (χ3v) is 1.91. The molecule has 2 nitrogen and oxygen atoms in total. The largest absolute Gasteiger partial charge is 0.368 e. The van der Waals surface area contributed by atoms with Crippen LogP contribution in [0, 0.1) is 0 Å². The molecule has 0 bridgehead atoms. The van der Waals surface area contributed by atoms with Crippen LogP contribution < -0.4 is 0 Å². The van der Waals surface area contributed by atoms with Gasteiger partial charge in [-0.3, -0.25) is 0 Å². The Labute approximate surface area is 78.2 Å². The fourth-order valence-corrected chi connectivity index (χ4v) is 1.12. The molecule has 0 fully saturated rings. The van der Waals surface area contributed by atoms with Gasteiger partial charge in [-0.25, -0.2) is 0 Å². The van der Waals surface area contributed by atoms with Crippen molar-refractivity contribution in [2.75, 3.05) is 0 Å². The van der Waals surface area contributed by atoms with Crippen LogP contribution in [-0.2, 0) is 6.42 Å². The molecule has 0 aromatic heterocycles. The maximum atomic E-state index is 8.65. The summed E-state index contributed by atoms with van der Waals surface area (Å²) in [6.07, 6.45) is 1.65. The van der Waals surface area contributed by atoms with Gasteiger partial charge in [0, 0.05) is 6.42 Å².